The molecule has 4 aromatic rings. The van der Waals surface area contributed by atoms with Gasteiger partial charge in [-0.15, -0.1) is 0 Å². The van der Waals surface area contributed by atoms with Gasteiger partial charge in [0.2, 0.25) is 4.96 Å². The van der Waals surface area contributed by atoms with Gasteiger partial charge in [-0.3, -0.25) is 9.59 Å². The van der Waals surface area contributed by atoms with Gasteiger partial charge in [0.1, 0.15) is 5.69 Å². The molecule has 2 heterocycles. The number of hydrogen-bond donors (Lipinski definition) is 0. The third kappa shape index (κ3) is 4.13. The third-order valence-electron chi connectivity index (χ3n) is 4.64. The van der Waals surface area contributed by atoms with Gasteiger partial charge in [-0.05, 0) is 40.8 Å². The molecule has 0 N–H and O–H groups in total. The van der Waals surface area contributed by atoms with E-state index in [2.05, 4.69) is 36.1 Å². The van der Waals surface area contributed by atoms with Gasteiger partial charge in [-0.2, -0.15) is 14.6 Å². The second-order valence-corrected chi connectivity index (χ2v) is 8.54. The smallest absolute Gasteiger partial charge is 0.266 e. The lowest BCUT2D eigenvalue weighted by Crippen LogP contribution is -2.28. The van der Waals surface area contributed by atoms with Gasteiger partial charge in [0.15, 0.2) is 0 Å². The summed E-state index contributed by atoms with van der Waals surface area (Å²) in [6, 6.07) is 15.2. The van der Waals surface area contributed by atoms with Gasteiger partial charge < -0.3 is 0 Å². The Bertz CT molecular complexity index is 1340. The zero-order valence-electron chi connectivity index (χ0n) is 15.9. The van der Waals surface area contributed by atoms with E-state index in [9.17, 15) is 9.59 Å². The molecule has 0 spiro atoms. The molecule has 5 nitrogen and oxygen atoms in total. The fraction of sp³-hybridized carbons (Fsp3) is 0.182. The molecule has 4 rings (SSSR count). The quantitative estimate of drug-likeness (QED) is 0.504. The SMILES string of the molecule is CC(C)c1ccc(C=c2sc3nc(=O)c(Cc4ccc(Cl)cc4)nn3c2=O)cc1. The first-order valence-corrected chi connectivity index (χ1v) is 10.4. The van der Waals surface area contributed by atoms with Crippen molar-refractivity contribution >= 4 is 34.0 Å². The van der Waals surface area contributed by atoms with Crippen LogP contribution in [0.25, 0.3) is 11.0 Å². The number of thiazole rings is 1. The van der Waals surface area contributed by atoms with E-state index in [0.29, 0.717) is 20.4 Å². The zero-order chi connectivity index (χ0) is 20.5. The van der Waals surface area contributed by atoms with Crippen molar-refractivity contribution in [3.05, 3.63) is 101 Å². The Kier molecular flexibility index (Phi) is 5.30. The summed E-state index contributed by atoms with van der Waals surface area (Å²) in [5.74, 6) is 0.446. The van der Waals surface area contributed by atoms with Crippen molar-refractivity contribution in [3.8, 4) is 0 Å². The molecule has 0 saturated carbocycles. The van der Waals surface area contributed by atoms with Crippen molar-refractivity contribution in [1.82, 2.24) is 14.6 Å². The highest BCUT2D eigenvalue weighted by Crippen LogP contribution is 2.15. The van der Waals surface area contributed by atoms with E-state index in [1.165, 1.54) is 10.1 Å². The molecule has 29 heavy (non-hydrogen) atoms. The minimum absolute atomic E-state index is 0.229. The normalized spacial score (nSPS) is 12.2. The lowest BCUT2D eigenvalue weighted by atomic mass is 10.0. The fourth-order valence-corrected chi connectivity index (χ4v) is 4.01. The summed E-state index contributed by atoms with van der Waals surface area (Å²) < 4.78 is 1.70. The van der Waals surface area contributed by atoms with Crippen LogP contribution in [0.4, 0.5) is 0 Å². The highest BCUT2D eigenvalue weighted by atomic mass is 35.5. The summed E-state index contributed by atoms with van der Waals surface area (Å²) in [7, 11) is 0. The molecule has 0 amide bonds. The van der Waals surface area contributed by atoms with E-state index in [1.54, 1.807) is 18.2 Å². The Morgan fingerprint density at radius 2 is 1.76 bits per heavy atom. The van der Waals surface area contributed by atoms with Crippen molar-refractivity contribution in [3.63, 3.8) is 0 Å². The zero-order valence-corrected chi connectivity index (χ0v) is 17.5. The Morgan fingerprint density at radius 1 is 1.07 bits per heavy atom. The van der Waals surface area contributed by atoms with Gasteiger partial charge in [-0.1, -0.05) is 73.2 Å². The molecule has 0 unspecified atom stereocenters. The molecule has 0 aliphatic carbocycles. The standard InChI is InChI=1S/C22H18ClN3O2S/c1-13(2)16-7-3-15(4-8-16)12-19-21(28)26-22(29-19)24-20(27)18(25-26)11-14-5-9-17(23)10-6-14/h3-10,12-13H,11H2,1-2H3. The Hall–Kier alpha value is -2.83. The summed E-state index contributed by atoms with van der Waals surface area (Å²) in [5, 5.41) is 4.90. The molecular weight excluding hydrogens is 406 g/mol. The summed E-state index contributed by atoms with van der Waals surface area (Å²) in [6.07, 6.45) is 2.09. The first-order valence-electron chi connectivity index (χ1n) is 9.19. The molecule has 0 saturated heterocycles. The number of halogens is 1. The van der Waals surface area contributed by atoms with Crippen LogP contribution in [0.5, 0.6) is 0 Å². The number of fused-ring (bicyclic) bond motifs is 1. The van der Waals surface area contributed by atoms with E-state index < -0.39 is 5.56 Å². The predicted molar refractivity (Wildman–Crippen MR) is 117 cm³/mol. The number of rotatable bonds is 4. The molecule has 146 valence electrons. The van der Waals surface area contributed by atoms with Crippen LogP contribution < -0.4 is 15.7 Å². The van der Waals surface area contributed by atoms with Crippen LogP contribution in [0.1, 0.15) is 42.1 Å². The number of aromatic nitrogens is 3. The lowest BCUT2D eigenvalue weighted by Gasteiger charge is -2.04. The van der Waals surface area contributed by atoms with Gasteiger partial charge in [0.05, 0.1) is 4.53 Å². The van der Waals surface area contributed by atoms with Crippen molar-refractivity contribution in [1.29, 1.82) is 0 Å². The van der Waals surface area contributed by atoms with Crippen LogP contribution >= 0.6 is 22.9 Å². The summed E-state index contributed by atoms with van der Waals surface area (Å²) in [4.78, 5) is 29.5. The number of nitrogens with zero attached hydrogens (tertiary/aromatic N) is 3. The maximum Gasteiger partial charge on any atom is 0.296 e. The average molecular weight is 424 g/mol. The summed E-state index contributed by atoms with van der Waals surface area (Å²) >= 11 is 7.06. The first kappa shape index (κ1) is 19.5. The van der Waals surface area contributed by atoms with E-state index >= 15 is 0 Å². The van der Waals surface area contributed by atoms with E-state index in [-0.39, 0.29) is 17.7 Å². The Morgan fingerprint density at radius 3 is 2.41 bits per heavy atom. The van der Waals surface area contributed by atoms with Gasteiger partial charge in [0, 0.05) is 11.4 Å². The highest BCUT2D eigenvalue weighted by molar-refractivity contribution is 7.15. The summed E-state index contributed by atoms with van der Waals surface area (Å²) in [6.45, 7) is 4.27. The molecule has 0 atom stereocenters. The van der Waals surface area contributed by atoms with Crippen molar-refractivity contribution < 1.29 is 0 Å². The van der Waals surface area contributed by atoms with Gasteiger partial charge >= 0.3 is 0 Å². The largest absolute Gasteiger partial charge is 0.296 e. The van der Waals surface area contributed by atoms with Gasteiger partial charge in [-0.25, -0.2) is 0 Å². The van der Waals surface area contributed by atoms with Gasteiger partial charge in [0.25, 0.3) is 11.1 Å². The molecule has 0 radical (unpaired) electrons. The summed E-state index contributed by atoms with van der Waals surface area (Å²) in [5.41, 5.74) is 2.56. The van der Waals surface area contributed by atoms with E-state index in [1.807, 2.05) is 24.3 Å². The highest BCUT2D eigenvalue weighted by Gasteiger charge is 2.12. The van der Waals surface area contributed by atoms with Crippen molar-refractivity contribution in [2.75, 3.05) is 0 Å². The maximum absolute atomic E-state index is 12.8. The van der Waals surface area contributed by atoms with Crippen LogP contribution in [0.2, 0.25) is 5.02 Å². The second-order valence-electron chi connectivity index (χ2n) is 7.10. The van der Waals surface area contributed by atoms with Crippen LogP contribution in [-0.2, 0) is 6.42 Å². The maximum atomic E-state index is 12.8. The number of hydrogen-bond acceptors (Lipinski definition) is 5. The molecule has 0 fully saturated rings. The fourth-order valence-electron chi connectivity index (χ4n) is 2.98. The van der Waals surface area contributed by atoms with E-state index in [4.69, 9.17) is 11.6 Å². The van der Waals surface area contributed by atoms with Crippen LogP contribution in [0, 0.1) is 0 Å². The second kappa shape index (κ2) is 7.89. The molecule has 2 aromatic carbocycles. The third-order valence-corrected chi connectivity index (χ3v) is 5.85. The Balaban J connectivity index is 1.74. The van der Waals surface area contributed by atoms with E-state index in [0.717, 1.165) is 22.5 Å². The molecule has 0 aliphatic rings. The molecule has 2 aromatic heterocycles. The molecular formula is C22H18ClN3O2S. The van der Waals surface area contributed by atoms with Crippen LogP contribution in [0.15, 0.2) is 58.1 Å². The molecule has 7 heteroatoms. The molecule has 0 bridgehead atoms. The van der Waals surface area contributed by atoms with Crippen molar-refractivity contribution in [2.24, 2.45) is 0 Å². The van der Waals surface area contributed by atoms with Crippen LogP contribution in [0.3, 0.4) is 0 Å². The first-order chi connectivity index (χ1) is 13.9. The van der Waals surface area contributed by atoms with Crippen molar-refractivity contribution in [2.45, 2.75) is 26.2 Å². The lowest BCUT2D eigenvalue weighted by molar-refractivity contribution is 0.811. The number of benzene rings is 2. The Labute approximate surface area is 175 Å². The molecule has 0 aliphatic heterocycles. The predicted octanol–water partition coefficient (Wildman–Crippen LogP) is 3.43. The topological polar surface area (TPSA) is 64.3 Å². The van der Waals surface area contributed by atoms with Crippen LogP contribution in [-0.4, -0.2) is 14.6 Å². The minimum Gasteiger partial charge on any atom is -0.266 e. The monoisotopic (exact) mass is 423 g/mol. The minimum atomic E-state index is -0.422. The average Bonchev–Trinajstić information content (AvgIpc) is 2.99.